The van der Waals surface area contributed by atoms with Crippen molar-refractivity contribution < 1.29 is 4.79 Å². The zero-order valence-electron chi connectivity index (χ0n) is 17.1. The van der Waals surface area contributed by atoms with Crippen molar-refractivity contribution in [3.8, 4) is 17.1 Å². The van der Waals surface area contributed by atoms with Gasteiger partial charge in [0.25, 0.3) is 5.91 Å². The average molecular weight is 413 g/mol. The molecule has 8 nitrogen and oxygen atoms in total. The molecule has 2 aromatic heterocycles. The highest BCUT2D eigenvalue weighted by molar-refractivity contribution is 5.94. The number of benzene rings is 2. The van der Waals surface area contributed by atoms with Crippen LogP contribution in [-0.2, 0) is 0 Å². The van der Waals surface area contributed by atoms with Crippen LogP contribution >= 0.6 is 0 Å². The van der Waals surface area contributed by atoms with Crippen LogP contribution < -0.4 is 0 Å². The molecule has 6 rings (SSSR count). The zero-order valence-corrected chi connectivity index (χ0v) is 17.1. The molecular formula is C23H23N7O. The predicted octanol–water partition coefficient (Wildman–Crippen LogP) is 2.73. The van der Waals surface area contributed by atoms with Crippen LogP contribution in [0.25, 0.3) is 28.0 Å². The summed E-state index contributed by atoms with van der Waals surface area (Å²) < 4.78 is 1.71. The lowest BCUT2D eigenvalue weighted by atomic mass is 10.1. The van der Waals surface area contributed by atoms with E-state index in [-0.39, 0.29) is 5.91 Å². The third-order valence-electron chi connectivity index (χ3n) is 6.46. The highest BCUT2D eigenvalue weighted by Gasteiger charge is 2.32. The molecule has 2 fully saturated rings. The monoisotopic (exact) mass is 413 g/mol. The Kier molecular flexibility index (Phi) is 4.31. The number of piperazine rings is 1. The smallest absolute Gasteiger partial charge is 0.253 e. The van der Waals surface area contributed by atoms with E-state index in [0.717, 1.165) is 41.9 Å². The van der Waals surface area contributed by atoms with Gasteiger partial charge in [-0.15, -0.1) is 5.10 Å². The van der Waals surface area contributed by atoms with Crippen LogP contribution in [0.1, 0.15) is 23.2 Å². The van der Waals surface area contributed by atoms with Crippen LogP contribution in [0.15, 0.2) is 54.7 Å². The van der Waals surface area contributed by atoms with Crippen LogP contribution in [-0.4, -0.2) is 73.1 Å². The molecule has 2 aromatic carbocycles. The Morgan fingerprint density at radius 1 is 1.03 bits per heavy atom. The second kappa shape index (κ2) is 7.31. The molecule has 0 radical (unpaired) electrons. The van der Waals surface area contributed by atoms with Gasteiger partial charge in [0, 0.05) is 36.6 Å². The average Bonchev–Trinajstić information content (AvgIpc) is 3.57. The molecule has 2 saturated heterocycles. The van der Waals surface area contributed by atoms with E-state index in [2.05, 4.69) is 25.4 Å². The van der Waals surface area contributed by atoms with E-state index < -0.39 is 0 Å². The van der Waals surface area contributed by atoms with Gasteiger partial charge in [-0.25, -0.2) is 4.68 Å². The number of fused-ring (bicyclic) bond motifs is 2. The first kappa shape index (κ1) is 18.3. The molecule has 8 heteroatoms. The van der Waals surface area contributed by atoms with Crippen LogP contribution in [0.2, 0.25) is 0 Å². The van der Waals surface area contributed by atoms with Gasteiger partial charge in [-0.3, -0.25) is 14.8 Å². The number of carbonyl (C=O) groups excluding carboxylic acids is 1. The van der Waals surface area contributed by atoms with Gasteiger partial charge in [-0.1, -0.05) is 23.4 Å². The Labute approximate surface area is 179 Å². The van der Waals surface area contributed by atoms with Gasteiger partial charge in [0.15, 0.2) is 0 Å². The van der Waals surface area contributed by atoms with Gasteiger partial charge >= 0.3 is 0 Å². The van der Waals surface area contributed by atoms with Gasteiger partial charge in [-0.2, -0.15) is 5.10 Å². The molecule has 156 valence electrons. The third kappa shape index (κ3) is 3.19. The van der Waals surface area contributed by atoms with Crippen molar-refractivity contribution in [1.82, 2.24) is 35.0 Å². The van der Waals surface area contributed by atoms with Crippen molar-refractivity contribution in [1.29, 1.82) is 0 Å². The van der Waals surface area contributed by atoms with Crippen molar-refractivity contribution >= 4 is 16.8 Å². The fourth-order valence-corrected chi connectivity index (χ4v) is 4.77. The van der Waals surface area contributed by atoms with Crippen molar-refractivity contribution in [3.63, 3.8) is 0 Å². The number of para-hydroxylation sites is 1. The molecule has 0 saturated carbocycles. The molecule has 1 amide bonds. The number of nitrogens with one attached hydrogen (secondary N) is 1. The summed E-state index contributed by atoms with van der Waals surface area (Å²) in [5, 5.41) is 17.0. The fraction of sp³-hybridized carbons (Fsp3) is 0.304. The Bertz CT molecular complexity index is 1240. The predicted molar refractivity (Wildman–Crippen MR) is 117 cm³/mol. The van der Waals surface area contributed by atoms with Gasteiger partial charge in [-0.05, 0) is 49.7 Å². The second-order valence-electron chi connectivity index (χ2n) is 8.30. The molecule has 1 N–H and O–H groups in total. The van der Waals surface area contributed by atoms with E-state index in [1.165, 1.54) is 19.4 Å². The van der Waals surface area contributed by atoms with Gasteiger partial charge < -0.3 is 4.90 Å². The van der Waals surface area contributed by atoms with E-state index in [4.69, 9.17) is 0 Å². The Hall–Kier alpha value is -3.52. The first-order chi connectivity index (χ1) is 15.3. The SMILES string of the molecule is O=C(c1ccc(-n2cc(-c3n[nH]c4ccccc34)nn2)cc1)N1CCN2CCCC2C1. The summed E-state index contributed by atoms with van der Waals surface area (Å²) in [6.07, 6.45) is 4.30. The van der Waals surface area contributed by atoms with Crippen LogP contribution in [0, 0.1) is 0 Å². The van der Waals surface area contributed by atoms with Crippen LogP contribution in [0.3, 0.4) is 0 Å². The minimum absolute atomic E-state index is 0.111. The maximum absolute atomic E-state index is 13.0. The zero-order chi connectivity index (χ0) is 20.8. The Morgan fingerprint density at radius 3 is 2.81 bits per heavy atom. The second-order valence-corrected chi connectivity index (χ2v) is 8.30. The quantitative estimate of drug-likeness (QED) is 0.558. The van der Waals surface area contributed by atoms with Gasteiger partial charge in [0.1, 0.15) is 11.4 Å². The van der Waals surface area contributed by atoms with E-state index in [1.54, 1.807) is 4.68 Å². The normalized spacial score (nSPS) is 19.1. The molecule has 2 aliphatic heterocycles. The summed E-state index contributed by atoms with van der Waals surface area (Å²) in [6, 6.07) is 16.1. The number of aromatic nitrogens is 5. The van der Waals surface area contributed by atoms with Crippen molar-refractivity contribution in [2.75, 3.05) is 26.2 Å². The lowest BCUT2D eigenvalue weighted by molar-refractivity contribution is 0.0571. The van der Waals surface area contributed by atoms with Crippen LogP contribution in [0.5, 0.6) is 0 Å². The standard InChI is InChI=1S/C23H23N7O/c31-23(29-13-12-28-11-3-4-18(28)14-29)16-7-9-17(10-8-16)30-15-21(25-27-30)22-19-5-1-2-6-20(19)24-26-22/h1-2,5-10,15,18H,3-4,11-14H2,(H,24,26). The summed E-state index contributed by atoms with van der Waals surface area (Å²) in [6.45, 7) is 3.80. The molecular weight excluding hydrogens is 390 g/mol. The number of hydrogen-bond donors (Lipinski definition) is 1. The molecule has 4 heterocycles. The van der Waals surface area contributed by atoms with Crippen molar-refractivity contribution in [2.45, 2.75) is 18.9 Å². The molecule has 1 atom stereocenters. The highest BCUT2D eigenvalue weighted by atomic mass is 16.2. The summed E-state index contributed by atoms with van der Waals surface area (Å²) in [4.78, 5) is 17.5. The summed E-state index contributed by atoms with van der Waals surface area (Å²) in [5.41, 5.74) is 4.02. The van der Waals surface area contributed by atoms with E-state index >= 15 is 0 Å². The van der Waals surface area contributed by atoms with Gasteiger partial charge in [0.05, 0.1) is 17.4 Å². The lowest BCUT2D eigenvalue weighted by Crippen LogP contribution is -2.52. The van der Waals surface area contributed by atoms with Crippen molar-refractivity contribution in [3.05, 3.63) is 60.3 Å². The number of carbonyl (C=O) groups is 1. The minimum Gasteiger partial charge on any atom is -0.336 e. The molecule has 0 bridgehead atoms. The number of H-pyrrole nitrogens is 1. The molecule has 0 aliphatic carbocycles. The Balaban J connectivity index is 1.21. The number of aromatic amines is 1. The maximum Gasteiger partial charge on any atom is 0.253 e. The fourth-order valence-electron chi connectivity index (χ4n) is 4.77. The number of amides is 1. The largest absolute Gasteiger partial charge is 0.336 e. The van der Waals surface area contributed by atoms with E-state index in [9.17, 15) is 4.79 Å². The molecule has 2 aliphatic rings. The maximum atomic E-state index is 13.0. The first-order valence-electron chi connectivity index (χ1n) is 10.8. The topological polar surface area (TPSA) is 82.9 Å². The number of hydrogen-bond acceptors (Lipinski definition) is 5. The first-order valence-corrected chi connectivity index (χ1v) is 10.8. The number of rotatable bonds is 3. The minimum atomic E-state index is 0.111. The van der Waals surface area contributed by atoms with Crippen molar-refractivity contribution in [2.24, 2.45) is 0 Å². The van der Waals surface area contributed by atoms with Crippen LogP contribution in [0.4, 0.5) is 0 Å². The highest BCUT2D eigenvalue weighted by Crippen LogP contribution is 2.25. The molecule has 0 spiro atoms. The molecule has 31 heavy (non-hydrogen) atoms. The molecule has 1 unspecified atom stereocenters. The summed E-state index contributed by atoms with van der Waals surface area (Å²) in [7, 11) is 0. The number of nitrogens with zero attached hydrogens (tertiary/aromatic N) is 6. The van der Waals surface area contributed by atoms with Gasteiger partial charge in [0.2, 0.25) is 0 Å². The lowest BCUT2D eigenvalue weighted by Gasteiger charge is -2.37. The molecule has 4 aromatic rings. The third-order valence-corrected chi connectivity index (χ3v) is 6.46. The summed E-state index contributed by atoms with van der Waals surface area (Å²) in [5.74, 6) is 0.111. The van der Waals surface area contributed by atoms with E-state index in [0.29, 0.717) is 17.3 Å². The van der Waals surface area contributed by atoms with E-state index in [1.807, 2.05) is 59.6 Å². The Morgan fingerprint density at radius 2 is 1.90 bits per heavy atom. The summed E-state index contributed by atoms with van der Waals surface area (Å²) >= 11 is 0.